The Kier molecular flexibility index (Phi) is 7.25. The second-order valence-electron chi connectivity index (χ2n) is 8.60. The lowest BCUT2D eigenvalue weighted by atomic mass is 9.77. The average molecular weight is 490 g/mol. The molecule has 0 aliphatic heterocycles. The highest BCUT2D eigenvalue weighted by atomic mass is 32.2. The Bertz CT molecular complexity index is 1200. The molecule has 1 aliphatic rings. The molecule has 1 amide bonds. The molecule has 10 nitrogen and oxygen atoms in total. The monoisotopic (exact) mass is 489 g/mol. The predicted octanol–water partition coefficient (Wildman–Crippen LogP) is 3.56. The number of hydrogen-bond acceptors (Lipinski definition) is 7. The van der Waals surface area contributed by atoms with Crippen LogP contribution in [0.5, 0.6) is 0 Å². The number of sulfonamides is 1. The van der Waals surface area contributed by atoms with Gasteiger partial charge < -0.3 is 10.1 Å². The van der Waals surface area contributed by atoms with Gasteiger partial charge in [0, 0.05) is 22.9 Å². The fraction of sp³-hybridized carbons (Fsp3) is 0.391. The number of hydrogen-bond donors (Lipinski definition) is 2. The predicted molar refractivity (Wildman–Crippen MR) is 125 cm³/mol. The number of esters is 1. The van der Waals surface area contributed by atoms with E-state index in [9.17, 15) is 28.1 Å². The Balaban J connectivity index is 1.75. The van der Waals surface area contributed by atoms with Gasteiger partial charge in [0.05, 0.1) is 16.9 Å². The number of aryl methyl sites for hydroxylation is 1. The summed E-state index contributed by atoms with van der Waals surface area (Å²) in [6, 6.07) is 9.32. The SMILES string of the molecule is COC(=O)C1(NC(=O)c2ccc(NS(=O)(=O)c3ccc(C)c([N+](=O)[O-])c3)cc2)CCC(C)CC1. The van der Waals surface area contributed by atoms with Crippen molar-refractivity contribution in [2.24, 2.45) is 5.92 Å². The van der Waals surface area contributed by atoms with Crippen LogP contribution >= 0.6 is 0 Å². The van der Waals surface area contributed by atoms with Gasteiger partial charge in [0.25, 0.3) is 21.6 Å². The van der Waals surface area contributed by atoms with Gasteiger partial charge in [-0.15, -0.1) is 0 Å². The number of methoxy groups -OCH3 is 1. The van der Waals surface area contributed by atoms with Gasteiger partial charge in [-0.1, -0.05) is 13.0 Å². The second kappa shape index (κ2) is 9.80. The van der Waals surface area contributed by atoms with Crippen molar-refractivity contribution >= 4 is 33.3 Å². The number of nitrogens with zero attached hydrogens (tertiary/aromatic N) is 1. The lowest BCUT2D eigenvalue weighted by Crippen LogP contribution is -2.56. The Morgan fingerprint density at radius 1 is 1.12 bits per heavy atom. The summed E-state index contributed by atoms with van der Waals surface area (Å²) in [7, 11) is -2.80. The number of nitro groups is 1. The molecule has 3 rings (SSSR count). The van der Waals surface area contributed by atoms with Crippen LogP contribution in [0.4, 0.5) is 11.4 Å². The van der Waals surface area contributed by atoms with Crippen molar-refractivity contribution in [3.8, 4) is 0 Å². The Morgan fingerprint density at radius 3 is 2.29 bits per heavy atom. The zero-order valence-corrected chi connectivity index (χ0v) is 20.0. The topological polar surface area (TPSA) is 145 Å². The van der Waals surface area contributed by atoms with E-state index in [0.717, 1.165) is 18.9 Å². The minimum absolute atomic E-state index is 0.175. The van der Waals surface area contributed by atoms with Crippen molar-refractivity contribution in [2.45, 2.75) is 50.0 Å². The fourth-order valence-electron chi connectivity index (χ4n) is 3.98. The minimum Gasteiger partial charge on any atom is -0.467 e. The summed E-state index contributed by atoms with van der Waals surface area (Å²) in [5, 5.41) is 13.9. The summed E-state index contributed by atoms with van der Waals surface area (Å²) < 4.78 is 32.7. The first-order valence-corrected chi connectivity index (χ1v) is 12.2. The average Bonchev–Trinajstić information content (AvgIpc) is 2.80. The molecule has 0 spiro atoms. The molecular weight excluding hydrogens is 462 g/mol. The summed E-state index contributed by atoms with van der Waals surface area (Å²) in [6.07, 6.45) is 2.53. The highest BCUT2D eigenvalue weighted by molar-refractivity contribution is 7.92. The maximum absolute atomic E-state index is 12.8. The molecule has 11 heteroatoms. The first-order valence-electron chi connectivity index (χ1n) is 10.8. The van der Waals surface area contributed by atoms with Crippen LogP contribution in [0.2, 0.25) is 0 Å². The van der Waals surface area contributed by atoms with Gasteiger partial charge in [-0.05, 0) is 68.9 Å². The van der Waals surface area contributed by atoms with Gasteiger partial charge in [0.15, 0.2) is 0 Å². The van der Waals surface area contributed by atoms with E-state index >= 15 is 0 Å². The van der Waals surface area contributed by atoms with Crippen molar-refractivity contribution in [3.63, 3.8) is 0 Å². The lowest BCUT2D eigenvalue weighted by molar-refractivity contribution is -0.385. The zero-order chi connectivity index (χ0) is 25.1. The smallest absolute Gasteiger partial charge is 0.331 e. The van der Waals surface area contributed by atoms with Crippen LogP contribution in [0.1, 0.15) is 48.5 Å². The Labute approximate surface area is 197 Å². The Hall–Kier alpha value is -3.47. The molecule has 182 valence electrons. The molecule has 0 aromatic heterocycles. The van der Waals surface area contributed by atoms with Crippen molar-refractivity contribution < 1.29 is 27.7 Å². The van der Waals surface area contributed by atoms with Gasteiger partial charge in [-0.2, -0.15) is 0 Å². The molecule has 0 bridgehead atoms. The summed E-state index contributed by atoms with van der Waals surface area (Å²) in [4.78, 5) is 35.5. The molecule has 2 aromatic carbocycles. The third-order valence-electron chi connectivity index (χ3n) is 6.14. The number of ether oxygens (including phenoxy) is 1. The normalized spacial score (nSPS) is 20.3. The molecule has 1 saturated carbocycles. The van der Waals surface area contributed by atoms with E-state index in [1.807, 2.05) is 0 Å². The largest absolute Gasteiger partial charge is 0.467 e. The van der Waals surface area contributed by atoms with Crippen LogP contribution in [0, 0.1) is 23.0 Å². The molecule has 1 aliphatic carbocycles. The van der Waals surface area contributed by atoms with E-state index in [1.165, 1.54) is 50.4 Å². The Morgan fingerprint density at radius 2 is 1.74 bits per heavy atom. The molecule has 1 fully saturated rings. The summed E-state index contributed by atoms with van der Waals surface area (Å²) in [5.41, 5.74) is -0.619. The molecule has 34 heavy (non-hydrogen) atoms. The third-order valence-corrected chi connectivity index (χ3v) is 7.52. The van der Waals surface area contributed by atoms with E-state index < -0.39 is 32.4 Å². The number of anilines is 1. The van der Waals surface area contributed by atoms with Crippen molar-refractivity contribution in [3.05, 3.63) is 63.7 Å². The molecule has 2 aromatic rings. The van der Waals surface area contributed by atoms with Crippen molar-refractivity contribution in [1.82, 2.24) is 5.32 Å². The minimum atomic E-state index is -4.09. The van der Waals surface area contributed by atoms with Gasteiger partial charge >= 0.3 is 5.97 Å². The fourth-order valence-corrected chi connectivity index (χ4v) is 5.05. The molecule has 0 unspecified atom stereocenters. The highest BCUT2D eigenvalue weighted by Crippen LogP contribution is 2.33. The van der Waals surface area contributed by atoms with Gasteiger partial charge in [0.2, 0.25) is 0 Å². The summed E-state index contributed by atoms with van der Waals surface area (Å²) in [6.45, 7) is 3.61. The number of nitrogens with one attached hydrogen (secondary N) is 2. The number of nitro benzene ring substituents is 1. The summed E-state index contributed by atoms with van der Waals surface area (Å²) >= 11 is 0. The van der Waals surface area contributed by atoms with Crippen molar-refractivity contribution in [1.29, 1.82) is 0 Å². The van der Waals surface area contributed by atoms with Crippen LogP contribution in [-0.4, -0.2) is 37.9 Å². The van der Waals surface area contributed by atoms with Gasteiger partial charge in [-0.25, -0.2) is 13.2 Å². The highest BCUT2D eigenvalue weighted by Gasteiger charge is 2.43. The molecular formula is C23H27N3O7S. The van der Waals surface area contributed by atoms with Crippen LogP contribution < -0.4 is 10.0 Å². The number of rotatable bonds is 7. The number of carbonyl (C=O) groups excluding carboxylic acids is 2. The molecule has 2 N–H and O–H groups in total. The third kappa shape index (κ3) is 5.36. The maximum Gasteiger partial charge on any atom is 0.331 e. The molecule has 0 heterocycles. The maximum atomic E-state index is 12.8. The number of amides is 1. The van der Waals surface area contributed by atoms with E-state index in [2.05, 4.69) is 17.0 Å². The van der Waals surface area contributed by atoms with Crippen LogP contribution in [0.3, 0.4) is 0 Å². The molecule has 0 atom stereocenters. The summed E-state index contributed by atoms with van der Waals surface area (Å²) in [5.74, 6) is -0.496. The number of carbonyl (C=O) groups is 2. The quantitative estimate of drug-likeness (QED) is 0.344. The first kappa shape index (κ1) is 25.2. The number of benzene rings is 2. The zero-order valence-electron chi connectivity index (χ0n) is 19.2. The van der Waals surface area contributed by atoms with E-state index in [4.69, 9.17) is 4.74 Å². The van der Waals surface area contributed by atoms with E-state index in [0.29, 0.717) is 24.3 Å². The van der Waals surface area contributed by atoms with E-state index in [-0.39, 0.29) is 21.8 Å². The van der Waals surface area contributed by atoms with Gasteiger partial charge in [0.1, 0.15) is 5.54 Å². The van der Waals surface area contributed by atoms with Crippen molar-refractivity contribution in [2.75, 3.05) is 11.8 Å². The van der Waals surface area contributed by atoms with Crippen LogP contribution in [0.15, 0.2) is 47.4 Å². The van der Waals surface area contributed by atoms with Crippen LogP contribution in [-0.2, 0) is 19.6 Å². The standard InChI is InChI=1S/C23H27N3O7S/c1-15-10-12-23(13-11-15,22(28)33-3)24-21(27)17-5-7-18(8-6-17)25-34(31,32)19-9-4-16(2)20(14-19)26(29)30/h4-9,14-15,25H,10-13H2,1-3H3,(H,24,27). The second-order valence-corrected chi connectivity index (χ2v) is 10.3. The first-order chi connectivity index (χ1) is 16.0. The van der Waals surface area contributed by atoms with E-state index in [1.54, 1.807) is 0 Å². The molecule has 0 radical (unpaired) electrons. The van der Waals surface area contributed by atoms with Gasteiger partial charge in [-0.3, -0.25) is 19.6 Å². The molecule has 0 saturated heterocycles. The van der Waals surface area contributed by atoms with Crippen LogP contribution in [0.25, 0.3) is 0 Å². The lowest BCUT2D eigenvalue weighted by Gasteiger charge is -2.37.